The number of ether oxygens (including phenoxy) is 1. The number of carbonyl (C=O) groups excluding carboxylic acids is 2. The van der Waals surface area contributed by atoms with Crippen LogP contribution in [-0.4, -0.2) is 34.0 Å². The average molecular weight is 250 g/mol. The van der Waals surface area contributed by atoms with Crippen molar-refractivity contribution in [2.45, 2.75) is 32.0 Å². The van der Waals surface area contributed by atoms with Crippen LogP contribution in [0.25, 0.3) is 0 Å². The molecule has 0 aromatic carbocycles. The largest absolute Gasteiger partial charge is 0.365 e. The highest BCUT2D eigenvalue weighted by Crippen LogP contribution is 2.20. The first-order valence-electron chi connectivity index (χ1n) is 5.65. The lowest BCUT2D eigenvalue weighted by Gasteiger charge is -2.11. The Kier molecular flexibility index (Phi) is 3.52. The Morgan fingerprint density at radius 3 is 2.89 bits per heavy atom. The van der Waals surface area contributed by atoms with Gasteiger partial charge in [-0.2, -0.15) is 0 Å². The number of nitrogens with two attached hydrogens (primary N) is 1. The molecule has 0 bridgehead atoms. The van der Waals surface area contributed by atoms with Gasteiger partial charge in [0.1, 0.15) is 11.9 Å². The molecule has 1 aromatic rings. The summed E-state index contributed by atoms with van der Waals surface area (Å²) in [5.41, 5.74) is 5.05. The summed E-state index contributed by atoms with van der Waals surface area (Å²) in [6.07, 6.45) is 2.52. The fourth-order valence-electron chi connectivity index (χ4n) is 1.75. The number of rotatable bonds is 3. The minimum atomic E-state index is -0.739. The first-order chi connectivity index (χ1) is 8.56. The second kappa shape index (κ2) is 5.09. The number of carbonyl (C=O) groups is 2. The molecule has 2 atom stereocenters. The highest BCUT2D eigenvalue weighted by atomic mass is 16.5. The summed E-state index contributed by atoms with van der Waals surface area (Å²) >= 11 is 0. The summed E-state index contributed by atoms with van der Waals surface area (Å²) in [4.78, 5) is 30.2. The van der Waals surface area contributed by atoms with Gasteiger partial charge in [-0.1, -0.05) is 0 Å². The molecule has 2 unspecified atom stereocenters. The molecule has 1 aliphatic heterocycles. The third kappa shape index (κ3) is 2.80. The van der Waals surface area contributed by atoms with Crippen molar-refractivity contribution in [2.75, 3.05) is 5.32 Å². The van der Waals surface area contributed by atoms with E-state index in [2.05, 4.69) is 15.3 Å². The standard InChI is InChI=1S/C11H14N4O3/c1-6-2-3-7(18-6)11(17)15-8-4-5-13-10(14-8)9(12)16/h4-7H,2-3H2,1H3,(H2,12,16)(H,13,14,15,17). The molecular formula is C11H14N4O3. The van der Waals surface area contributed by atoms with Gasteiger partial charge in [0.15, 0.2) is 0 Å². The Morgan fingerprint density at radius 2 is 2.28 bits per heavy atom. The van der Waals surface area contributed by atoms with Gasteiger partial charge in [-0.25, -0.2) is 9.97 Å². The normalized spacial score (nSPS) is 22.7. The van der Waals surface area contributed by atoms with Crippen molar-refractivity contribution in [1.82, 2.24) is 9.97 Å². The van der Waals surface area contributed by atoms with Crippen LogP contribution < -0.4 is 11.1 Å². The molecule has 18 heavy (non-hydrogen) atoms. The summed E-state index contributed by atoms with van der Waals surface area (Å²) in [6.45, 7) is 1.92. The highest BCUT2D eigenvalue weighted by molar-refractivity contribution is 5.94. The van der Waals surface area contributed by atoms with Gasteiger partial charge in [-0.15, -0.1) is 0 Å². The zero-order valence-corrected chi connectivity index (χ0v) is 9.92. The smallest absolute Gasteiger partial charge is 0.286 e. The summed E-state index contributed by atoms with van der Waals surface area (Å²) in [5, 5.41) is 2.58. The average Bonchev–Trinajstić information content (AvgIpc) is 2.76. The summed E-state index contributed by atoms with van der Waals surface area (Å²) in [6, 6.07) is 1.49. The van der Waals surface area contributed by atoms with Crippen molar-refractivity contribution >= 4 is 17.6 Å². The predicted octanol–water partition coefficient (Wildman–Crippen LogP) is 0.0815. The van der Waals surface area contributed by atoms with Gasteiger partial charge in [0.05, 0.1) is 6.10 Å². The van der Waals surface area contributed by atoms with Crippen molar-refractivity contribution < 1.29 is 14.3 Å². The lowest BCUT2D eigenvalue weighted by molar-refractivity contribution is -0.126. The van der Waals surface area contributed by atoms with Crippen LogP contribution in [0.3, 0.4) is 0 Å². The fourth-order valence-corrected chi connectivity index (χ4v) is 1.75. The molecule has 0 saturated carbocycles. The van der Waals surface area contributed by atoms with Crippen LogP contribution in [0.1, 0.15) is 30.4 Å². The van der Waals surface area contributed by atoms with E-state index in [4.69, 9.17) is 10.5 Å². The minimum Gasteiger partial charge on any atom is -0.365 e. The van der Waals surface area contributed by atoms with Crippen molar-refractivity contribution in [3.63, 3.8) is 0 Å². The lowest BCUT2D eigenvalue weighted by atomic mass is 10.2. The number of anilines is 1. The predicted molar refractivity (Wildman–Crippen MR) is 62.7 cm³/mol. The molecule has 0 aliphatic carbocycles. The maximum Gasteiger partial charge on any atom is 0.286 e. The first-order valence-corrected chi connectivity index (χ1v) is 5.65. The molecule has 3 N–H and O–H groups in total. The molecule has 0 radical (unpaired) electrons. The van der Waals surface area contributed by atoms with Crippen LogP contribution >= 0.6 is 0 Å². The van der Waals surface area contributed by atoms with Gasteiger partial charge in [0.25, 0.3) is 11.8 Å². The van der Waals surface area contributed by atoms with Crippen LogP contribution in [0.2, 0.25) is 0 Å². The monoisotopic (exact) mass is 250 g/mol. The minimum absolute atomic E-state index is 0.0901. The van der Waals surface area contributed by atoms with Crippen molar-refractivity contribution in [3.8, 4) is 0 Å². The van der Waals surface area contributed by atoms with Gasteiger partial charge >= 0.3 is 0 Å². The lowest BCUT2D eigenvalue weighted by Crippen LogP contribution is -2.28. The van der Waals surface area contributed by atoms with E-state index >= 15 is 0 Å². The van der Waals surface area contributed by atoms with E-state index < -0.39 is 12.0 Å². The Labute approximate surface area is 104 Å². The molecule has 96 valence electrons. The Hall–Kier alpha value is -2.02. The molecule has 2 amide bonds. The van der Waals surface area contributed by atoms with E-state index in [0.717, 1.165) is 6.42 Å². The van der Waals surface area contributed by atoms with Crippen LogP contribution in [0, 0.1) is 0 Å². The summed E-state index contributed by atoms with van der Waals surface area (Å²) < 4.78 is 5.43. The zero-order valence-electron chi connectivity index (χ0n) is 9.92. The van der Waals surface area contributed by atoms with E-state index in [9.17, 15) is 9.59 Å². The van der Waals surface area contributed by atoms with Gasteiger partial charge in [-0.3, -0.25) is 9.59 Å². The molecule has 7 heteroatoms. The van der Waals surface area contributed by atoms with Crippen LogP contribution in [0.15, 0.2) is 12.3 Å². The van der Waals surface area contributed by atoms with Gasteiger partial charge in [0.2, 0.25) is 5.82 Å². The molecule has 1 fully saturated rings. The molecule has 7 nitrogen and oxygen atoms in total. The van der Waals surface area contributed by atoms with Crippen molar-refractivity contribution in [2.24, 2.45) is 5.73 Å². The Morgan fingerprint density at radius 1 is 1.50 bits per heavy atom. The van der Waals surface area contributed by atoms with E-state index in [1.807, 2.05) is 6.92 Å². The molecular weight excluding hydrogens is 236 g/mol. The third-order valence-corrected chi connectivity index (χ3v) is 2.65. The highest BCUT2D eigenvalue weighted by Gasteiger charge is 2.28. The van der Waals surface area contributed by atoms with E-state index in [0.29, 0.717) is 6.42 Å². The number of primary amides is 1. The second-order valence-electron chi connectivity index (χ2n) is 4.13. The van der Waals surface area contributed by atoms with E-state index in [1.165, 1.54) is 12.3 Å². The number of hydrogen-bond acceptors (Lipinski definition) is 5. The van der Waals surface area contributed by atoms with Gasteiger partial charge in [0, 0.05) is 6.20 Å². The first kappa shape index (κ1) is 12.4. The quantitative estimate of drug-likeness (QED) is 0.790. The number of aromatic nitrogens is 2. The second-order valence-corrected chi connectivity index (χ2v) is 4.13. The molecule has 1 aromatic heterocycles. The summed E-state index contributed by atoms with van der Waals surface area (Å²) in [7, 11) is 0. The molecule has 1 saturated heterocycles. The van der Waals surface area contributed by atoms with Gasteiger partial charge < -0.3 is 15.8 Å². The van der Waals surface area contributed by atoms with Crippen molar-refractivity contribution in [3.05, 3.63) is 18.1 Å². The maximum atomic E-state index is 11.8. The molecule has 0 spiro atoms. The topological polar surface area (TPSA) is 107 Å². The fraction of sp³-hybridized carbons (Fsp3) is 0.455. The number of amides is 2. The van der Waals surface area contributed by atoms with Gasteiger partial charge in [-0.05, 0) is 25.8 Å². The van der Waals surface area contributed by atoms with Crippen molar-refractivity contribution in [1.29, 1.82) is 0 Å². The maximum absolute atomic E-state index is 11.8. The SMILES string of the molecule is CC1CCC(C(=O)Nc2ccnc(C(N)=O)n2)O1. The summed E-state index contributed by atoms with van der Waals surface area (Å²) in [5.74, 6) is -0.897. The van der Waals surface area contributed by atoms with E-state index in [-0.39, 0.29) is 23.7 Å². The molecule has 2 heterocycles. The number of nitrogens with zero attached hydrogens (tertiary/aromatic N) is 2. The molecule has 1 aliphatic rings. The van der Waals surface area contributed by atoms with Crippen LogP contribution in [-0.2, 0) is 9.53 Å². The number of nitrogens with one attached hydrogen (secondary N) is 1. The van der Waals surface area contributed by atoms with Crippen LogP contribution in [0.5, 0.6) is 0 Å². The van der Waals surface area contributed by atoms with E-state index in [1.54, 1.807) is 0 Å². The Balaban J connectivity index is 2.03. The Bertz CT molecular complexity index is 477. The van der Waals surface area contributed by atoms with Crippen LogP contribution in [0.4, 0.5) is 5.82 Å². The molecule has 2 rings (SSSR count). The number of hydrogen-bond donors (Lipinski definition) is 2. The third-order valence-electron chi connectivity index (χ3n) is 2.65. The zero-order chi connectivity index (χ0) is 13.1.